The van der Waals surface area contributed by atoms with Gasteiger partial charge in [-0.1, -0.05) is 20.8 Å². The van der Waals surface area contributed by atoms with Crippen LogP contribution in [-0.4, -0.2) is 15.8 Å². The first kappa shape index (κ1) is 13.6. The smallest absolute Gasteiger partial charge is 0.0640 e. The molecule has 2 rings (SSSR count). The predicted molar refractivity (Wildman–Crippen MR) is 73.9 cm³/mol. The quantitative estimate of drug-likeness (QED) is 0.576. The molecule has 0 spiro atoms. The minimum absolute atomic E-state index is 0.380. The predicted octanol–water partition coefficient (Wildman–Crippen LogP) is 2.27. The number of rotatable bonds is 7. The van der Waals surface area contributed by atoms with E-state index in [-0.39, 0.29) is 0 Å². The monoisotopic (exact) mass is 250 g/mol. The average Bonchev–Trinajstić information content (AvgIpc) is 2.91. The van der Waals surface area contributed by atoms with Crippen molar-refractivity contribution in [2.75, 3.05) is 0 Å². The molecule has 0 radical (unpaired) electrons. The van der Waals surface area contributed by atoms with E-state index in [9.17, 15) is 0 Å². The van der Waals surface area contributed by atoms with Crippen LogP contribution in [0, 0.1) is 11.8 Å². The Hall–Kier alpha value is -0.870. The first-order chi connectivity index (χ1) is 8.69. The molecular formula is C14H26N4. The third-order valence-corrected chi connectivity index (χ3v) is 4.31. The summed E-state index contributed by atoms with van der Waals surface area (Å²) in [4.78, 5) is 0. The molecule has 3 atom stereocenters. The lowest BCUT2D eigenvalue weighted by molar-refractivity contribution is 0.415. The van der Waals surface area contributed by atoms with Gasteiger partial charge in [-0.25, -0.2) is 0 Å². The number of hydrogen-bond donors (Lipinski definition) is 2. The molecule has 18 heavy (non-hydrogen) atoms. The molecule has 4 nitrogen and oxygen atoms in total. The lowest BCUT2D eigenvalue weighted by atomic mass is 10.1. The zero-order chi connectivity index (χ0) is 13.1. The highest BCUT2D eigenvalue weighted by atomic mass is 15.3. The van der Waals surface area contributed by atoms with Gasteiger partial charge in [0.05, 0.1) is 11.7 Å². The molecule has 1 fully saturated rings. The Bertz CT molecular complexity index is 370. The van der Waals surface area contributed by atoms with Crippen LogP contribution in [0.1, 0.15) is 51.8 Å². The highest BCUT2D eigenvalue weighted by Gasteiger charge is 2.39. The fourth-order valence-corrected chi connectivity index (χ4v) is 2.82. The number of hydrazine groups is 1. The number of nitrogens with two attached hydrogens (primary N) is 1. The molecule has 0 aliphatic heterocycles. The summed E-state index contributed by atoms with van der Waals surface area (Å²) in [5, 5.41) is 4.70. The standard InChI is InChI=1S/C14H26N4/c1-4-12(5-2)18-7-6-11(17-18)9-14(16-15)13-8-10(13)3/h6-7,10,12-14,16H,4-5,8-9,15H2,1-3H3. The minimum atomic E-state index is 0.380. The second-order valence-electron chi connectivity index (χ2n) is 5.61. The highest BCUT2D eigenvalue weighted by molar-refractivity contribution is 5.05. The molecule has 3 unspecified atom stereocenters. The molecule has 0 amide bonds. The van der Waals surface area contributed by atoms with Crippen molar-refractivity contribution >= 4 is 0 Å². The molecular weight excluding hydrogens is 224 g/mol. The number of aromatic nitrogens is 2. The average molecular weight is 250 g/mol. The molecule has 1 aromatic heterocycles. The summed E-state index contributed by atoms with van der Waals surface area (Å²) in [7, 11) is 0. The molecule has 3 N–H and O–H groups in total. The van der Waals surface area contributed by atoms with Crippen molar-refractivity contribution in [3.05, 3.63) is 18.0 Å². The molecule has 0 aromatic carbocycles. The van der Waals surface area contributed by atoms with Gasteiger partial charge in [0, 0.05) is 18.7 Å². The van der Waals surface area contributed by atoms with E-state index in [1.165, 1.54) is 6.42 Å². The van der Waals surface area contributed by atoms with Gasteiger partial charge in [0.15, 0.2) is 0 Å². The van der Waals surface area contributed by atoms with E-state index >= 15 is 0 Å². The van der Waals surface area contributed by atoms with Crippen molar-refractivity contribution in [1.29, 1.82) is 0 Å². The first-order valence-electron chi connectivity index (χ1n) is 7.19. The summed E-state index contributed by atoms with van der Waals surface area (Å²) < 4.78 is 2.11. The van der Waals surface area contributed by atoms with Gasteiger partial charge in [-0.15, -0.1) is 0 Å². The Balaban J connectivity index is 1.97. The van der Waals surface area contributed by atoms with Crippen LogP contribution in [0.25, 0.3) is 0 Å². The van der Waals surface area contributed by atoms with Crippen LogP contribution in [0.15, 0.2) is 12.3 Å². The molecule has 102 valence electrons. The van der Waals surface area contributed by atoms with Crippen LogP contribution < -0.4 is 11.3 Å². The Morgan fingerprint density at radius 1 is 1.50 bits per heavy atom. The Morgan fingerprint density at radius 3 is 2.67 bits per heavy atom. The topological polar surface area (TPSA) is 55.9 Å². The lowest BCUT2D eigenvalue weighted by Crippen LogP contribution is -2.39. The summed E-state index contributed by atoms with van der Waals surface area (Å²) in [6.45, 7) is 6.72. The molecule has 0 bridgehead atoms. The molecule has 1 aromatic rings. The fraction of sp³-hybridized carbons (Fsp3) is 0.786. The molecule has 0 saturated heterocycles. The molecule has 1 saturated carbocycles. The van der Waals surface area contributed by atoms with E-state index in [0.717, 1.165) is 36.8 Å². The van der Waals surface area contributed by atoms with Crippen molar-refractivity contribution < 1.29 is 0 Å². The molecule has 4 heteroatoms. The Labute approximate surface area is 110 Å². The Morgan fingerprint density at radius 2 is 2.17 bits per heavy atom. The maximum Gasteiger partial charge on any atom is 0.0640 e. The van der Waals surface area contributed by atoms with Crippen molar-refractivity contribution in [3.8, 4) is 0 Å². The summed E-state index contributed by atoms with van der Waals surface area (Å²) in [5.74, 6) is 7.20. The molecule has 1 aliphatic carbocycles. The summed E-state index contributed by atoms with van der Waals surface area (Å²) in [6.07, 6.45) is 6.61. The van der Waals surface area contributed by atoms with Gasteiger partial charge in [0.1, 0.15) is 0 Å². The van der Waals surface area contributed by atoms with E-state index in [2.05, 4.69) is 43.1 Å². The normalized spacial score (nSPS) is 24.5. The summed E-state index contributed by atoms with van der Waals surface area (Å²) in [6, 6.07) is 3.04. The van der Waals surface area contributed by atoms with Crippen LogP contribution in [0.3, 0.4) is 0 Å². The second kappa shape index (κ2) is 5.85. The van der Waals surface area contributed by atoms with Crippen LogP contribution in [0.5, 0.6) is 0 Å². The second-order valence-corrected chi connectivity index (χ2v) is 5.61. The van der Waals surface area contributed by atoms with Crippen molar-refractivity contribution in [2.45, 2.75) is 58.5 Å². The molecule has 1 heterocycles. The van der Waals surface area contributed by atoms with E-state index in [0.29, 0.717) is 12.1 Å². The zero-order valence-electron chi connectivity index (χ0n) is 11.8. The summed E-state index contributed by atoms with van der Waals surface area (Å²) >= 11 is 0. The third kappa shape index (κ3) is 2.93. The lowest BCUT2D eigenvalue weighted by Gasteiger charge is -2.15. The van der Waals surface area contributed by atoms with Gasteiger partial charge in [0.2, 0.25) is 0 Å². The van der Waals surface area contributed by atoms with Gasteiger partial charge >= 0.3 is 0 Å². The minimum Gasteiger partial charge on any atom is -0.271 e. The van der Waals surface area contributed by atoms with Crippen molar-refractivity contribution in [2.24, 2.45) is 17.7 Å². The van der Waals surface area contributed by atoms with Crippen molar-refractivity contribution in [1.82, 2.24) is 15.2 Å². The first-order valence-corrected chi connectivity index (χ1v) is 7.19. The van der Waals surface area contributed by atoms with Gasteiger partial charge in [-0.3, -0.25) is 16.0 Å². The van der Waals surface area contributed by atoms with Crippen LogP contribution in [0.4, 0.5) is 0 Å². The van der Waals surface area contributed by atoms with E-state index in [1.54, 1.807) is 0 Å². The maximum absolute atomic E-state index is 5.66. The van der Waals surface area contributed by atoms with E-state index in [1.807, 2.05) is 0 Å². The molecule has 1 aliphatic rings. The van der Waals surface area contributed by atoms with E-state index < -0.39 is 0 Å². The van der Waals surface area contributed by atoms with Gasteiger partial charge in [-0.05, 0) is 37.2 Å². The Kier molecular flexibility index (Phi) is 4.40. The maximum atomic E-state index is 5.66. The van der Waals surface area contributed by atoms with Crippen LogP contribution >= 0.6 is 0 Å². The third-order valence-electron chi connectivity index (χ3n) is 4.31. The SMILES string of the molecule is CCC(CC)n1ccc(CC(NN)C2CC2C)n1. The van der Waals surface area contributed by atoms with Gasteiger partial charge < -0.3 is 0 Å². The largest absolute Gasteiger partial charge is 0.271 e. The number of nitrogens with one attached hydrogen (secondary N) is 1. The number of nitrogens with zero attached hydrogens (tertiary/aromatic N) is 2. The van der Waals surface area contributed by atoms with Gasteiger partial charge in [0.25, 0.3) is 0 Å². The fourth-order valence-electron chi connectivity index (χ4n) is 2.82. The van der Waals surface area contributed by atoms with Crippen molar-refractivity contribution in [3.63, 3.8) is 0 Å². The highest BCUT2D eigenvalue weighted by Crippen LogP contribution is 2.41. The number of hydrogen-bond acceptors (Lipinski definition) is 3. The van der Waals surface area contributed by atoms with Crippen LogP contribution in [0.2, 0.25) is 0 Å². The van der Waals surface area contributed by atoms with Crippen LogP contribution in [-0.2, 0) is 6.42 Å². The van der Waals surface area contributed by atoms with E-state index in [4.69, 9.17) is 10.9 Å². The summed E-state index contributed by atoms with van der Waals surface area (Å²) in [5.41, 5.74) is 4.12. The zero-order valence-corrected chi connectivity index (χ0v) is 11.8. The van der Waals surface area contributed by atoms with Gasteiger partial charge in [-0.2, -0.15) is 5.10 Å².